The Morgan fingerprint density at radius 3 is 2.50 bits per heavy atom. The van der Waals surface area contributed by atoms with Gasteiger partial charge in [0, 0.05) is 17.1 Å². The Labute approximate surface area is 118 Å². The van der Waals surface area contributed by atoms with Gasteiger partial charge in [0.25, 0.3) is 0 Å². The van der Waals surface area contributed by atoms with Gasteiger partial charge in [0.2, 0.25) is 0 Å². The van der Waals surface area contributed by atoms with Crippen molar-refractivity contribution in [1.29, 1.82) is 0 Å². The zero-order valence-electron chi connectivity index (χ0n) is 11.6. The summed E-state index contributed by atoms with van der Waals surface area (Å²) in [6.07, 6.45) is 0. The van der Waals surface area contributed by atoms with E-state index in [1.807, 2.05) is 18.2 Å². The van der Waals surface area contributed by atoms with E-state index in [0.29, 0.717) is 5.92 Å². The summed E-state index contributed by atoms with van der Waals surface area (Å²) >= 11 is 0. The number of aromatic carboxylic acids is 1. The molecule has 20 heavy (non-hydrogen) atoms. The molecule has 0 aliphatic rings. The van der Waals surface area contributed by atoms with Gasteiger partial charge in [-0.2, -0.15) is 0 Å². The molecular weight excluding hydrogens is 252 g/mol. The van der Waals surface area contributed by atoms with E-state index < -0.39 is 5.97 Å². The zero-order valence-corrected chi connectivity index (χ0v) is 11.6. The molecule has 2 aromatic carbocycles. The number of nitrogen functional groups attached to an aromatic ring is 1. The van der Waals surface area contributed by atoms with E-state index in [-0.39, 0.29) is 11.3 Å². The fourth-order valence-electron chi connectivity index (χ4n) is 2.11. The van der Waals surface area contributed by atoms with Crippen LogP contribution in [0.5, 0.6) is 0 Å². The Kier molecular flexibility index (Phi) is 3.94. The molecule has 104 valence electrons. The van der Waals surface area contributed by atoms with Crippen LogP contribution in [0.25, 0.3) is 0 Å². The van der Waals surface area contributed by atoms with Gasteiger partial charge in [0.1, 0.15) is 0 Å². The van der Waals surface area contributed by atoms with Crippen LogP contribution in [0.15, 0.2) is 42.5 Å². The van der Waals surface area contributed by atoms with Crippen molar-refractivity contribution in [3.05, 3.63) is 53.6 Å². The maximum atomic E-state index is 10.9. The van der Waals surface area contributed by atoms with Gasteiger partial charge in [-0.25, -0.2) is 4.79 Å². The summed E-state index contributed by atoms with van der Waals surface area (Å²) in [5, 5.41) is 12.3. The number of anilines is 3. The van der Waals surface area contributed by atoms with Crippen molar-refractivity contribution in [2.45, 2.75) is 19.8 Å². The molecule has 4 heteroatoms. The number of benzene rings is 2. The van der Waals surface area contributed by atoms with Gasteiger partial charge in [-0.1, -0.05) is 32.0 Å². The summed E-state index contributed by atoms with van der Waals surface area (Å²) in [6.45, 7) is 4.25. The third kappa shape index (κ3) is 2.91. The Balaban J connectivity index is 2.31. The first-order chi connectivity index (χ1) is 9.49. The van der Waals surface area contributed by atoms with Gasteiger partial charge >= 0.3 is 5.97 Å². The first kappa shape index (κ1) is 13.9. The van der Waals surface area contributed by atoms with Crippen molar-refractivity contribution < 1.29 is 9.90 Å². The molecule has 0 unspecified atom stereocenters. The van der Waals surface area contributed by atoms with Gasteiger partial charge in [-0.3, -0.25) is 0 Å². The smallest absolute Gasteiger partial charge is 0.337 e. The van der Waals surface area contributed by atoms with Crippen molar-refractivity contribution in [3.63, 3.8) is 0 Å². The van der Waals surface area contributed by atoms with Crippen LogP contribution >= 0.6 is 0 Å². The highest BCUT2D eigenvalue weighted by Crippen LogP contribution is 2.28. The summed E-state index contributed by atoms with van der Waals surface area (Å²) in [7, 11) is 0. The van der Waals surface area contributed by atoms with E-state index in [0.717, 1.165) is 11.4 Å². The number of carboxylic acid groups (broad SMARTS) is 1. The quantitative estimate of drug-likeness (QED) is 0.738. The first-order valence-corrected chi connectivity index (χ1v) is 6.48. The van der Waals surface area contributed by atoms with E-state index in [9.17, 15) is 4.79 Å². The predicted molar refractivity (Wildman–Crippen MR) is 81.6 cm³/mol. The third-order valence-electron chi connectivity index (χ3n) is 3.14. The largest absolute Gasteiger partial charge is 0.478 e. The van der Waals surface area contributed by atoms with Gasteiger partial charge in [0.15, 0.2) is 0 Å². The van der Waals surface area contributed by atoms with Crippen LogP contribution in [-0.4, -0.2) is 11.1 Å². The lowest BCUT2D eigenvalue weighted by Gasteiger charge is -2.15. The van der Waals surface area contributed by atoms with Crippen LogP contribution in [0.3, 0.4) is 0 Å². The second-order valence-corrected chi connectivity index (χ2v) is 4.97. The number of para-hydroxylation sites is 1. The van der Waals surface area contributed by atoms with Gasteiger partial charge in [-0.15, -0.1) is 0 Å². The second kappa shape index (κ2) is 5.65. The van der Waals surface area contributed by atoms with Crippen molar-refractivity contribution in [2.24, 2.45) is 0 Å². The molecule has 0 bridgehead atoms. The highest BCUT2D eigenvalue weighted by molar-refractivity contribution is 5.94. The van der Waals surface area contributed by atoms with Crippen LogP contribution in [0.1, 0.15) is 35.7 Å². The SMILES string of the molecule is CC(C)c1ccccc1Nc1ccc(C(=O)O)c(N)c1. The molecule has 0 atom stereocenters. The Hall–Kier alpha value is -2.49. The summed E-state index contributed by atoms with van der Waals surface area (Å²) < 4.78 is 0. The number of nitrogens with two attached hydrogens (primary N) is 1. The van der Waals surface area contributed by atoms with Crippen LogP contribution in [0.4, 0.5) is 17.1 Å². The number of nitrogens with one attached hydrogen (secondary N) is 1. The van der Waals surface area contributed by atoms with Gasteiger partial charge < -0.3 is 16.2 Å². The van der Waals surface area contributed by atoms with E-state index >= 15 is 0 Å². The molecule has 0 fully saturated rings. The lowest BCUT2D eigenvalue weighted by molar-refractivity contribution is 0.0698. The van der Waals surface area contributed by atoms with Gasteiger partial charge in [-0.05, 0) is 35.7 Å². The Morgan fingerprint density at radius 2 is 1.90 bits per heavy atom. The Morgan fingerprint density at radius 1 is 1.20 bits per heavy atom. The fourth-order valence-corrected chi connectivity index (χ4v) is 2.11. The van der Waals surface area contributed by atoms with Crippen LogP contribution in [-0.2, 0) is 0 Å². The molecule has 2 rings (SSSR count). The maximum absolute atomic E-state index is 10.9. The minimum Gasteiger partial charge on any atom is -0.478 e. The molecule has 0 saturated heterocycles. The van der Waals surface area contributed by atoms with E-state index in [1.54, 1.807) is 12.1 Å². The van der Waals surface area contributed by atoms with Crippen molar-refractivity contribution in [2.75, 3.05) is 11.1 Å². The standard InChI is InChI=1S/C16H18N2O2/c1-10(2)12-5-3-4-6-15(12)18-11-7-8-13(16(19)20)14(17)9-11/h3-10,18H,17H2,1-2H3,(H,19,20). The number of hydrogen-bond donors (Lipinski definition) is 3. The van der Waals surface area contributed by atoms with E-state index in [4.69, 9.17) is 10.8 Å². The monoisotopic (exact) mass is 270 g/mol. The Bertz CT molecular complexity index is 636. The summed E-state index contributed by atoms with van der Waals surface area (Å²) in [5.74, 6) is -0.619. The van der Waals surface area contributed by atoms with E-state index in [1.165, 1.54) is 11.6 Å². The normalized spacial score (nSPS) is 10.6. The van der Waals surface area contributed by atoms with Crippen molar-refractivity contribution >= 4 is 23.0 Å². The summed E-state index contributed by atoms with van der Waals surface area (Å²) in [5.41, 5.74) is 9.11. The molecule has 0 aromatic heterocycles. The lowest BCUT2D eigenvalue weighted by Crippen LogP contribution is -2.03. The number of carboxylic acids is 1. The number of rotatable bonds is 4. The molecule has 4 N–H and O–H groups in total. The topological polar surface area (TPSA) is 75.3 Å². The van der Waals surface area contributed by atoms with Crippen LogP contribution in [0, 0.1) is 0 Å². The molecule has 4 nitrogen and oxygen atoms in total. The molecule has 0 aliphatic heterocycles. The summed E-state index contributed by atoms with van der Waals surface area (Å²) in [4.78, 5) is 10.9. The molecule has 0 radical (unpaired) electrons. The molecule has 0 aliphatic carbocycles. The minimum atomic E-state index is -1.02. The molecule has 0 spiro atoms. The number of carbonyl (C=O) groups is 1. The third-order valence-corrected chi connectivity index (χ3v) is 3.14. The maximum Gasteiger partial charge on any atom is 0.337 e. The fraction of sp³-hybridized carbons (Fsp3) is 0.188. The molecule has 2 aromatic rings. The highest BCUT2D eigenvalue weighted by Gasteiger charge is 2.10. The average molecular weight is 270 g/mol. The molecule has 0 amide bonds. The molecule has 0 heterocycles. The zero-order chi connectivity index (χ0) is 14.7. The average Bonchev–Trinajstić information content (AvgIpc) is 2.38. The number of hydrogen-bond acceptors (Lipinski definition) is 3. The molecular formula is C16H18N2O2. The van der Waals surface area contributed by atoms with Crippen LogP contribution in [0.2, 0.25) is 0 Å². The summed E-state index contributed by atoms with van der Waals surface area (Å²) in [6, 6.07) is 12.9. The van der Waals surface area contributed by atoms with Crippen molar-refractivity contribution in [1.82, 2.24) is 0 Å². The minimum absolute atomic E-state index is 0.118. The van der Waals surface area contributed by atoms with E-state index in [2.05, 4.69) is 25.2 Å². The second-order valence-electron chi connectivity index (χ2n) is 4.97. The molecule has 0 saturated carbocycles. The van der Waals surface area contributed by atoms with Gasteiger partial charge in [0.05, 0.1) is 5.56 Å². The predicted octanol–water partition coefficient (Wildman–Crippen LogP) is 3.83. The van der Waals surface area contributed by atoms with Crippen LogP contribution < -0.4 is 11.1 Å². The first-order valence-electron chi connectivity index (χ1n) is 6.48. The lowest BCUT2D eigenvalue weighted by atomic mass is 10.0. The van der Waals surface area contributed by atoms with Crippen molar-refractivity contribution in [3.8, 4) is 0 Å². The highest BCUT2D eigenvalue weighted by atomic mass is 16.4.